The number of carbonyl (C=O) groups is 1. The monoisotopic (exact) mass is 299 g/mol. The van der Waals surface area contributed by atoms with Crippen LogP contribution in [0, 0.1) is 10.1 Å². The molecule has 1 aromatic rings. The lowest BCUT2D eigenvalue weighted by Crippen LogP contribution is -2.07. The molecule has 116 valence electrons. The van der Waals surface area contributed by atoms with Gasteiger partial charge in [-0.25, -0.2) is 4.79 Å². The Bertz CT molecular complexity index is 489. The van der Waals surface area contributed by atoms with Crippen molar-refractivity contribution in [3.05, 3.63) is 33.9 Å². The molecule has 0 saturated carbocycles. The number of methoxy groups -OCH3 is 1. The van der Waals surface area contributed by atoms with Gasteiger partial charge in [0.1, 0.15) is 11.3 Å². The normalized spacial score (nSPS) is 10.3. The predicted molar refractivity (Wildman–Crippen MR) is 72.9 cm³/mol. The van der Waals surface area contributed by atoms with Crippen LogP contribution in [0.5, 0.6) is 5.75 Å². The predicted octanol–water partition coefficient (Wildman–Crippen LogP) is 1.72. The molecule has 0 heterocycles. The van der Waals surface area contributed by atoms with E-state index < -0.39 is 16.6 Å². The average Bonchev–Trinajstić information content (AvgIpc) is 2.46. The summed E-state index contributed by atoms with van der Waals surface area (Å²) in [5.74, 6) is -1.09. The summed E-state index contributed by atoms with van der Waals surface area (Å²) in [6.45, 7) is 1.81. The van der Waals surface area contributed by atoms with Gasteiger partial charge in [0.25, 0.3) is 5.69 Å². The first-order valence-corrected chi connectivity index (χ1v) is 6.27. The van der Waals surface area contributed by atoms with Gasteiger partial charge in [-0.3, -0.25) is 10.1 Å². The lowest BCUT2D eigenvalue weighted by molar-refractivity contribution is -0.385. The summed E-state index contributed by atoms with van der Waals surface area (Å²) < 4.78 is 15.4. The Morgan fingerprint density at radius 1 is 1.29 bits per heavy atom. The van der Waals surface area contributed by atoms with Crippen LogP contribution in [0.25, 0.3) is 0 Å². The third kappa shape index (κ3) is 5.76. The highest BCUT2D eigenvalue weighted by Gasteiger charge is 2.20. The second kappa shape index (κ2) is 8.88. The Morgan fingerprint density at radius 2 is 2.05 bits per heavy atom. The maximum Gasteiger partial charge on any atom is 0.342 e. The molecule has 8 heteroatoms. The average molecular weight is 299 g/mol. The Labute approximate surface area is 121 Å². The fraction of sp³-hybridized carbons (Fsp3) is 0.462. The van der Waals surface area contributed by atoms with E-state index in [1.54, 1.807) is 7.11 Å². The van der Waals surface area contributed by atoms with E-state index >= 15 is 0 Å². The highest BCUT2D eigenvalue weighted by molar-refractivity contribution is 5.92. The van der Waals surface area contributed by atoms with Crippen molar-refractivity contribution in [2.24, 2.45) is 0 Å². The third-order valence-corrected chi connectivity index (χ3v) is 2.53. The highest BCUT2D eigenvalue weighted by atomic mass is 16.6. The molecule has 8 nitrogen and oxygen atoms in total. The summed E-state index contributed by atoms with van der Waals surface area (Å²) in [6.07, 6.45) is 0.609. The largest absolute Gasteiger partial charge is 0.493 e. The van der Waals surface area contributed by atoms with Crippen LogP contribution in [0.1, 0.15) is 16.8 Å². The molecule has 0 aliphatic heterocycles. The van der Waals surface area contributed by atoms with Gasteiger partial charge < -0.3 is 19.3 Å². The SMILES string of the molecule is COCCOCCCOc1ccc(C(=O)O)c([N+](=O)[O-])c1. The van der Waals surface area contributed by atoms with Gasteiger partial charge in [-0.15, -0.1) is 0 Å². The van der Waals surface area contributed by atoms with Crippen molar-refractivity contribution in [1.82, 2.24) is 0 Å². The van der Waals surface area contributed by atoms with E-state index in [9.17, 15) is 14.9 Å². The molecule has 1 rings (SSSR count). The number of nitro benzene ring substituents is 1. The van der Waals surface area contributed by atoms with Gasteiger partial charge in [0.15, 0.2) is 0 Å². The number of nitro groups is 1. The highest BCUT2D eigenvalue weighted by Crippen LogP contribution is 2.24. The van der Waals surface area contributed by atoms with Crippen molar-refractivity contribution in [1.29, 1.82) is 0 Å². The zero-order valence-corrected chi connectivity index (χ0v) is 11.6. The molecule has 1 aromatic carbocycles. The van der Waals surface area contributed by atoms with E-state index in [4.69, 9.17) is 19.3 Å². The molecular formula is C13H17NO7. The molecule has 0 aliphatic rings. The molecule has 1 N–H and O–H groups in total. The summed E-state index contributed by atoms with van der Waals surface area (Å²) >= 11 is 0. The van der Waals surface area contributed by atoms with Crippen LogP contribution in [0.3, 0.4) is 0 Å². The molecule has 0 bridgehead atoms. The van der Waals surface area contributed by atoms with E-state index in [0.29, 0.717) is 32.8 Å². The molecule has 0 radical (unpaired) electrons. The molecule has 0 unspecified atom stereocenters. The van der Waals surface area contributed by atoms with E-state index in [-0.39, 0.29) is 11.3 Å². The van der Waals surface area contributed by atoms with E-state index in [2.05, 4.69) is 0 Å². The van der Waals surface area contributed by atoms with Gasteiger partial charge in [0.2, 0.25) is 0 Å². The molecule has 0 amide bonds. The number of aromatic carboxylic acids is 1. The maximum atomic E-state index is 10.9. The molecule has 0 saturated heterocycles. The van der Waals surface area contributed by atoms with Gasteiger partial charge in [0.05, 0.1) is 30.8 Å². The second-order valence-corrected chi connectivity index (χ2v) is 4.05. The van der Waals surface area contributed by atoms with E-state index in [1.165, 1.54) is 6.07 Å². The minimum Gasteiger partial charge on any atom is -0.493 e. The number of nitrogens with zero attached hydrogens (tertiary/aromatic N) is 1. The van der Waals surface area contributed by atoms with Gasteiger partial charge >= 0.3 is 5.97 Å². The number of hydrogen-bond donors (Lipinski definition) is 1. The third-order valence-electron chi connectivity index (χ3n) is 2.53. The number of carboxylic acid groups (broad SMARTS) is 1. The van der Waals surface area contributed by atoms with Crippen molar-refractivity contribution in [3.8, 4) is 5.75 Å². The second-order valence-electron chi connectivity index (χ2n) is 4.05. The van der Waals surface area contributed by atoms with Crippen LogP contribution in [-0.4, -0.2) is 49.5 Å². The topological polar surface area (TPSA) is 108 Å². The van der Waals surface area contributed by atoms with Crippen molar-refractivity contribution in [2.45, 2.75) is 6.42 Å². The molecule has 0 spiro atoms. The van der Waals surface area contributed by atoms with Crippen LogP contribution in [0.4, 0.5) is 5.69 Å². The first-order chi connectivity index (χ1) is 10.1. The van der Waals surface area contributed by atoms with E-state index in [0.717, 1.165) is 12.1 Å². The Hall–Kier alpha value is -2.19. The van der Waals surface area contributed by atoms with Crippen LogP contribution in [0.2, 0.25) is 0 Å². The first-order valence-electron chi connectivity index (χ1n) is 6.27. The molecule has 0 aromatic heterocycles. The van der Waals surface area contributed by atoms with Crippen LogP contribution in [-0.2, 0) is 9.47 Å². The fourth-order valence-corrected chi connectivity index (χ4v) is 1.53. The number of carboxylic acids is 1. The van der Waals surface area contributed by atoms with Crippen LogP contribution in [0.15, 0.2) is 18.2 Å². The lowest BCUT2D eigenvalue weighted by Gasteiger charge is -2.07. The Balaban J connectivity index is 2.47. The van der Waals surface area contributed by atoms with Crippen molar-refractivity contribution in [3.63, 3.8) is 0 Å². The van der Waals surface area contributed by atoms with Crippen LogP contribution >= 0.6 is 0 Å². The Morgan fingerprint density at radius 3 is 2.67 bits per heavy atom. The molecule has 0 atom stereocenters. The van der Waals surface area contributed by atoms with E-state index in [1.807, 2.05) is 0 Å². The first kappa shape index (κ1) is 16.9. The van der Waals surface area contributed by atoms with Gasteiger partial charge in [-0.1, -0.05) is 0 Å². The maximum absolute atomic E-state index is 10.9. The van der Waals surface area contributed by atoms with Gasteiger partial charge in [-0.2, -0.15) is 0 Å². The number of benzene rings is 1. The molecule has 21 heavy (non-hydrogen) atoms. The lowest BCUT2D eigenvalue weighted by atomic mass is 10.2. The Kier molecular flexibility index (Phi) is 7.13. The summed E-state index contributed by atoms with van der Waals surface area (Å²) in [7, 11) is 1.58. The smallest absolute Gasteiger partial charge is 0.342 e. The summed E-state index contributed by atoms with van der Waals surface area (Å²) in [6, 6.07) is 3.66. The van der Waals surface area contributed by atoms with Crippen molar-refractivity contribution < 1.29 is 29.0 Å². The quantitative estimate of drug-likeness (QED) is 0.398. The minimum absolute atomic E-state index is 0.253. The molecule has 0 aliphatic carbocycles. The standard InChI is InChI=1S/C13H17NO7/c1-19-7-8-20-5-2-6-21-10-3-4-11(13(15)16)12(9-10)14(17)18/h3-4,9H,2,5-8H2,1H3,(H,15,16). The summed E-state index contributed by atoms with van der Waals surface area (Å²) in [5, 5.41) is 19.7. The zero-order valence-electron chi connectivity index (χ0n) is 11.6. The minimum atomic E-state index is -1.35. The van der Waals surface area contributed by atoms with Crippen molar-refractivity contribution in [2.75, 3.05) is 33.5 Å². The number of rotatable bonds is 10. The fourth-order valence-electron chi connectivity index (χ4n) is 1.53. The van der Waals surface area contributed by atoms with Gasteiger partial charge in [-0.05, 0) is 12.1 Å². The van der Waals surface area contributed by atoms with Crippen molar-refractivity contribution >= 4 is 11.7 Å². The number of hydrogen-bond acceptors (Lipinski definition) is 6. The molecular weight excluding hydrogens is 282 g/mol. The summed E-state index contributed by atoms with van der Waals surface area (Å²) in [4.78, 5) is 20.9. The van der Waals surface area contributed by atoms with Gasteiger partial charge in [0, 0.05) is 20.1 Å². The summed E-state index contributed by atoms with van der Waals surface area (Å²) in [5.41, 5.74) is -0.855. The number of ether oxygens (including phenoxy) is 3. The zero-order chi connectivity index (χ0) is 15.7. The molecule has 0 fully saturated rings. The van der Waals surface area contributed by atoms with Crippen LogP contribution < -0.4 is 4.74 Å².